The maximum absolute atomic E-state index is 14.6. The van der Waals surface area contributed by atoms with Crippen molar-refractivity contribution in [2.75, 3.05) is 13.2 Å². The fourth-order valence-electron chi connectivity index (χ4n) is 3.73. The molecule has 0 radical (unpaired) electrons. The van der Waals surface area contributed by atoms with Crippen LogP contribution in [0.2, 0.25) is 0 Å². The Bertz CT molecular complexity index is 998. The van der Waals surface area contributed by atoms with Crippen molar-refractivity contribution in [3.63, 3.8) is 0 Å². The third-order valence-electron chi connectivity index (χ3n) is 5.14. The van der Waals surface area contributed by atoms with E-state index in [1.807, 2.05) is 0 Å². The van der Waals surface area contributed by atoms with Gasteiger partial charge >= 0.3 is 6.18 Å². The lowest BCUT2D eigenvalue weighted by Crippen LogP contribution is -2.47. The minimum absolute atomic E-state index is 0.0233. The number of amides is 1. The predicted octanol–water partition coefficient (Wildman–Crippen LogP) is 4.27. The minimum atomic E-state index is -4.70. The number of ether oxygens (including phenoxy) is 1. The molecule has 0 aliphatic carbocycles. The Balaban J connectivity index is 1.71. The van der Waals surface area contributed by atoms with Crippen LogP contribution in [0.15, 0.2) is 53.5 Å². The maximum atomic E-state index is 14.6. The second-order valence-corrected chi connectivity index (χ2v) is 8.26. The van der Waals surface area contributed by atoms with E-state index in [0.717, 1.165) is 17.8 Å². The summed E-state index contributed by atoms with van der Waals surface area (Å²) in [7, 11) is 0. The number of fused-ring (bicyclic) bond motifs is 1. The molecule has 1 amide bonds. The van der Waals surface area contributed by atoms with Crippen molar-refractivity contribution < 1.29 is 31.5 Å². The van der Waals surface area contributed by atoms with E-state index in [9.17, 15) is 26.7 Å². The molecule has 2 aromatic carbocycles. The van der Waals surface area contributed by atoms with Gasteiger partial charge in [-0.2, -0.15) is 13.2 Å². The third kappa shape index (κ3) is 3.58. The summed E-state index contributed by atoms with van der Waals surface area (Å²) in [5.41, 5.74) is 0.0790. The fourth-order valence-corrected chi connectivity index (χ4v) is 5.10. The van der Waals surface area contributed by atoms with Crippen LogP contribution in [-0.2, 0) is 9.48 Å². The quantitative estimate of drug-likeness (QED) is 0.707. The molecule has 1 saturated heterocycles. The van der Waals surface area contributed by atoms with E-state index in [0.29, 0.717) is 5.56 Å². The lowest BCUT2D eigenvalue weighted by atomic mass is 9.83. The summed E-state index contributed by atoms with van der Waals surface area (Å²) in [6.07, 6.45) is -6.88. The number of benzene rings is 2. The summed E-state index contributed by atoms with van der Waals surface area (Å²) < 4.78 is 72.5. The van der Waals surface area contributed by atoms with Gasteiger partial charge in [0.25, 0.3) is 5.91 Å². The first kappa shape index (κ1) is 20.8. The summed E-state index contributed by atoms with van der Waals surface area (Å²) >= 11 is 0.755. The van der Waals surface area contributed by atoms with Crippen molar-refractivity contribution in [2.24, 2.45) is 10.9 Å². The minimum Gasteiger partial charge on any atom is -0.367 e. The molecule has 30 heavy (non-hydrogen) atoms. The van der Waals surface area contributed by atoms with Gasteiger partial charge in [-0.15, -0.1) is 0 Å². The Kier molecular flexibility index (Phi) is 5.31. The second-order valence-electron chi connectivity index (χ2n) is 6.94. The number of halogens is 5. The third-order valence-corrected chi connectivity index (χ3v) is 6.57. The first-order valence-electron chi connectivity index (χ1n) is 8.95. The molecule has 4 rings (SSSR count). The molecule has 0 bridgehead atoms. The van der Waals surface area contributed by atoms with E-state index >= 15 is 0 Å². The van der Waals surface area contributed by atoms with Crippen LogP contribution in [-0.4, -0.2) is 36.5 Å². The average molecular weight is 442 g/mol. The number of carbonyl (C=O) groups excluding carboxylic acids is 1. The van der Waals surface area contributed by atoms with Crippen LogP contribution < -0.4 is 5.32 Å². The van der Waals surface area contributed by atoms with Crippen LogP contribution in [0, 0.1) is 17.6 Å². The average Bonchev–Trinajstić information content (AvgIpc) is 3.11. The van der Waals surface area contributed by atoms with Gasteiger partial charge in [0.2, 0.25) is 0 Å². The number of hydrogen-bond donors (Lipinski definition) is 1. The SMILES string of the molecule is O=C(NC1=NC[C@H]2[C@@H](C(F)(F)F)OC[C@]2(c2cccc(F)c2F)S1)c1ccccc1. The largest absolute Gasteiger partial charge is 0.415 e. The van der Waals surface area contributed by atoms with Crippen LogP contribution in [0.1, 0.15) is 15.9 Å². The summed E-state index contributed by atoms with van der Waals surface area (Å²) in [5.74, 6) is -4.20. The van der Waals surface area contributed by atoms with Gasteiger partial charge in [-0.3, -0.25) is 9.79 Å². The molecule has 2 aliphatic heterocycles. The van der Waals surface area contributed by atoms with E-state index in [-0.39, 0.29) is 17.3 Å². The highest BCUT2D eigenvalue weighted by Crippen LogP contribution is 2.55. The van der Waals surface area contributed by atoms with Gasteiger partial charge < -0.3 is 10.1 Å². The Morgan fingerprint density at radius 2 is 1.87 bits per heavy atom. The first-order chi connectivity index (χ1) is 14.2. The van der Waals surface area contributed by atoms with Gasteiger partial charge in [0, 0.05) is 23.6 Å². The summed E-state index contributed by atoms with van der Waals surface area (Å²) in [5, 5.41) is 2.57. The van der Waals surface area contributed by atoms with Crippen LogP contribution in [0.5, 0.6) is 0 Å². The molecule has 3 atom stereocenters. The molecule has 10 heteroatoms. The van der Waals surface area contributed by atoms with Gasteiger partial charge in [0.1, 0.15) is 0 Å². The summed E-state index contributed by atoms with van der Waals surface area (Å²) in [6, 6.07) is 11.5. The molecular weight excluding hydrogens is 427 g/mol. The van der Waals surface area contributed by atoms with E-state index in [4.69, 9.17) is 4.74 Å². The lowest BCUT2D eigenvalue weighted by molar-refractivity contribution is -0.215. The molecule has 1 N–H and O–H groups in total. The highest BCUT2D eigenvalue weighted by molar-refractivity contribution is 8.14. The Labute approximate surface area is 172 Å². The molecule has 2 aromatic rings. The zero-order valence-corrected chi connectivity index (χ0v) is 16.1. The Morgan fingerprint density at radius 1 is 1.13 bits per heavy atom. The molecule has 2 heterocycles. The smallest absolute Gasteiger partial charge is 0.367 e. The van der Waals surface area contributed by atoms with Gasteiger partial charge in [0.15, 0.2) is 22.9 Å². The molecule has 0 spiro atoms. The summed E-state index contributed by atoms with van der Waals surface area (Å²) in [4.78, 5) is 16.5. The van der Waals surface area contributed by atoms with Gasteiger partial charge in [-0.05, 0) is 18.2 Å². The number of alkyl halides is 3. The molecule has 158 valence electrons. The van der Waals surface area contributed by atoms with Gasteiger partial charge in [0.05, 0.1) is 11.4 Å². The topological polar surface area (TPSA) is 50.7 Å². The van der Waals surface area contributed by atoms with E-state index < -0.39 is 47.1 Å². The van der Waals surface area contributed by atoms with E-state index in [2.05, 4.69) is 10.3 Å². The zero-order valence-electron chi connectivity index (χ0n) is 15.2. The number of nitrogens with one attached hydrogen (secondary N) is 1. The van der Waals surface area contributed by atoms with Gasteiger partial charge in [-0.25, -0.2) is 8.78 Å². The van der Waals surface area contributed by atoms with Crippen LogP contribution in [0.4, 0.5) is 22.0 Å². The molecule has 1 fully saturated rings. The first-order valence-corrected chi connectivity index (χ1v) is 9.77. The van der Waals surface area contributed by atoms with Crippen molar-refractivity contribution in [1.29, 1.82) is 0 Å². The number of rotatable bonds is 2. The monoisotopic (exact) mass is 442 g/mol. The number of hydrogen-bond acceptors (Lipinski definition) is 4. The highest BCUT2D eigenvalue weighted by Gasteiger charge is 2.62. The Hall–Kier alpha value is -2.46. The van der Waals surface area contributed by atoms with E-state index in [1.165, 1.54) is 12.1 Å². The molecular formula is C20H15F5N2O2S. The van der Waals surface area contributed by atoms with Crippen LogP contribution >= 0.6 is 11.8 Å². The van der Waals surface area contributed by atoms with Crippen molar-refractivity contribution in [1.82, 2.24) is 5.32 Å². The summed E-state index contributed by atoms with van der Waals surface area (Å²) in [6.45, 7) is -0.870. The Morgan fingerprint density at radius 3 is 2.57 bits per heavy atom. The molecule has 0 unspecified atom stereocenters. The molecule has 2 aliphatic rings. The molecule has 4 nitrogen and oxygen atoms in total. The molecule has 0 aromatic heterocycles. The fraction of sp³-hybridized carbons (Fsp3) is 0.300. The normalized spacial score (nSPS) is 26.1. The van der Waals surface area contributed by atoms with Crippen molar-refractivity contribution in [3.8, 4) is 0 Å². The zero-order chi connectivity index (χ0) is 21.5. The van der Waals surface area contributed by atoms with Crippen LogP contribution in [0.25, 0.3) is 0 Å². The van der Waals surface area contributed by atoms with Crippen molar-refractivity contribution >= 4 is 22.8 Å². The lowest BCUT2D eigenvalue weighted by Gasteiger charge is -2.38. The second kappa shape index (κ2) is 7.66. The standard InChI is InChI=1S/C20H15F5N2O2S/c21-14-8-4-7-12(15(14)22)19-10-29-16(20(23,24)25)13(19)9-26-18(30-19)27-17(28)11-5-2-1-3-6-11/h1-8,13,16H,9-10H2,(H,26,27,28)/t13-,16-,19+/m0/s1. The van der Waals surface area contributed by atoms with Crippen LogP contribution in [0.3, 0.4) is 0 Å². The van der Waals surface area contributed by atoms with Crippen molar-refractivity contribution in [2.45, 2.75) is 17.0 Å². The number of amidine groups is 1. The number of aliphatic imine (C=N–C) groups is 1. The van der Waals surface area contributed by atoms with Gasteiger partial charge in [-0.1, -0.05) is 42.1 Å². The predicted molar refractivity (Wildman–Crippen MR) is 101 cm³/mol. The van der Waals surface area contributed by atoms with Crippen molar-refractivity contribution in [3.05, 3.63) is 71.3 Å². The number of thioether (sulfide) groups is 1. The number of nitrogens with zero attached hydrogens (tertiary/aromatic N) is 1. The molecule has 0 saturated carbocycles. The maximum Gasteiger partial charge on any atom is 0.415 e. The van der Waals surface area contributed by atoms with E-state index in [1.54, 1.807) is 30.3 Å². The highest BCUT2D eigenvalue weighted by atomic mass is 32.2. The number of carbonyl (C=O) groups is 1.